The van der Waals surface area contributed by atoms with E-state index in [1.165, 1.54) is 10.2 Å². The summed E-state index contributed by atoms with van der Waals surface area (Å²) in [5.41, 5.74) is 12.1. The first-order valence-electron chi connectivity index (χ1n) is 11.7. The summed E-state index contributed by atoms with van der Waals surface area (Å²) in [7, 11) is -4.00. The molecule has 2 aromatic heterocycles. The Morgan fingerprint density at radius 2 is 1.58 bits per heavy atom. The summed E-state index contributed by atoms with van der Waals surface area (Å²) >= 11 is 0. The molecule has 5 aromatic rings. The number of aryl methyl sites for hydroxylation is 2. The second kappa shape index (κ2) is 8.87. The molecule has 0 unspecified atom stereocenters. The van der Waals surface area contributed by atoms with Crippen molar-refractivity contribution in [3.05, 3.63) is 89.0 Å². The van der Waals surface area contributed by atoms with E-state index in [9.17, 15) is 8.42 Å². The van der Waals surface area contributed by atoms with Gasteiger partial charge in [-0.25, -0.2) is 18.4 Å². The van der Waals surface area contributed by atoms with Gasteiger partial charge < -0.3 is 5.73 Å². The highest BCUT2D eigenvalue weighted by molar-refractivity contribution is 7.92. The molecule has 0 saturated carbocycles. The first-order valence-corrected chi connectivity index (χ1v) is 13.2. The third-order valence-corrected chi connectivity index (χ3v) is 8.23. The summed E-state index contributed by atoms with van der Waals surface area (Å²) < 4.78 is 29.0. The molecule has 0 amide bonds. The Balaban J connectivity index is 1.73. The van der Waals surface area contributed by atoms with Crippen LogP contribution < -0.4 is 5.73 Å². The van der Waals surface area contributed by atoms with E-state index >= 15 is 0 Å². The predicted octanol–water partition coefficient (Wildman–Crippen LogP) is 5.62. The van der Waals surface area contributed by atoms with Crippen LogP contribution in [0.15, 0.2) is 81.6 Å². The number of aromatic nitrogens is 3. The normalized spacial score (nSPS) is 12.4. The van der Waals surface area contributed by atoms with Crippen LogP contribution in [0.1, 0.15) is 42.0 Å². The molecule has 5 rings (SSSR count). The predicted molar refractivity (Wildman–Crippen MR) is 144 cm³/mol. The van der Waals surface area contributed by atoms with E-state index < -0.39 is 9.84 Å². The number of sulfone groups is 1. The fraction of sp³-hybridized carbons (Fsp3) is 0.179. The maximum Gasteiger partial charge on any atom is 0.212 e. The Kier molecular flexibility index (Phi) is 5.84. The Labute approximate surface area is 210 Å². The fourth-order valence-electron chi connectivity index (χ4n) is 4.09. The molecule has 0 aliphatic carbocycles. The second-order valence-electron chi connectivity index (χ2n) is 9.23. The quantitative estimate of drug-likeness (QED) is 0.317. The molecule has 7 nitrogen and oxygen atoms in total. The number of fused-ring (bicyclic) bond motifs is 2. The van der Waals surface area contributed by atoms with Crippen molar-refractivity contribution >= 4 is 44.1 Å². The Morgan fingerprint density at radius 1 is 0.917 bits per heavy atom. The molecule has 182 valence electrons. The highest BCUT2D eigenvalue weighted by atomic mass is 32.2. The van der Waals surface area contributed by atoms with Crippen LogP contribution in [0.2, 0.25) is 0 Å². The van der Waals surface area contributed by atoms with Gasteiger partial charge in [-0.05, 0) is 66.3 Å². The molecular weight excluding hydrogens is 470 g/mol. The number of benzene rings is 3. The van der Waals surface area contributed by atoms with Crippen LogP contribution in [0, 0.1) is 13.8 Å². The topological polar surface area (TPSA) is 103 Å². The van der Waals surface area contributed by atoms with E-state index in [0.29, 0.717) is 17.0 Å². The summed E-state index contributed by atoms with van der Waals surface area (Å²) in [6.45, 7) is 8.08. The molecule has 0 saturated heterocycles. The van der Waals surface area contributed by atoms with Crippen LogP contribution in [-0.4, -0.2) is 29.3 Å². The van der Waals surface area contributed by atoms with Crippen molar-refractivity contribution in [2.24, 2.45) is 5.10 Å². The minimum absolute atomic E-state index is 0.0337. The standard InChI is InChI=1S/C28H27N5O2S/c1-17(2)21-12-10-20(11-13-21)16-30-33-27(29)26(36(34,35)22-14-9-18(3)19(4)15-22)25-28(33)32-24-8-6-5-7-23(24)31-25/h5-17H,29H2,1-4H3/b30-16-. The summed E-state index contributed by atoms with van der Waals surface area (Å²) in [4.78, 5) is 9.41. The fourth-order valence-corrected chi connectivity index (χ4v) is 5.66. The van der Waals surface area contributed by atoms with Crippen LogP contribution in [-0.2, 0) is 9.84 Å². The van der Waals surface area contributed by atoms with Crippen molar-refractivity contribution in [3.8, 4) is 0 Å². The molecule has 2 heterocycles. The molecule has 2 N–H and O–H groups in total. The summed E-state index contributed by atoms with van der Waals surface area (Å²) in [6.07, 6.45) is 1.64. The van der Waals surface area contributed by atoms with Crippen molar-refractivity contribution in [1.82, 2.24) is 14.6 Å². The zero-order valence-electron chi connectivity index (χ0n) is 20.6. The summed E-state index contributed by atoms with van der Waals surface area (Å²) in [5.74, 6) is 0.385. The van der Waals surface area contributed by atoms with Crippen LogP contribution in [0.3, 0.4) is 0 Å². The first-order chi connectivity index (χ1) is 17.2. The minimum Gasteiger partial charge on any atom is -0.382 e. The molecule has 36 heavy (non-hydrogen) atoms. The first kappa shape index (κ1) is 23.7. The molecule has 0 aliphatic heterocycles. The number of para-hydroxylation sites is 2. The van der Waals surface area contributed by atoms with E-state index in [4.69, 9.17) is 5.73 Å². The number of nitrogens with zero attached hydrogens (tertiary/aromatic N) is 4. The van der Waals surface area contributed by atoms with Gasteiger partial charge in [-0.3, -0.25) is 0 Å². The van der Waals surface area contributed by atoms with Gasteiger partial charge in [-0.2, -0.15) is 9.78 Å². The van der Waals surface area contributed by atoms with E-state index in [0.717, 1.165) is 16.7 Å². The van der Waals surface area contributed by atoms with Crippen LogP contribution in [0.4, 0.5) is 5.82 Å². The molecule has 0 radical (unpaired) electrons. The highest BCUT2D eigenvalue weighted by Crippen LogP contribution is 2.35. The van der Waals surface area contributed by atoms with Gasteiger partial charge in [0.1, 0.15) is 16.2 Å². The minimum atomic E-state index is -4.00. The van der Waals surface area contributed by atoms with Gasteiger partial charge in [0.15, 0.2) is 5.65 Å². The Bertz CT molecular complexity index is 1750. The number of nitrogens with two attached hydrogens (primary N) is 1. The van der Waals surface area contributed by atoms with E-state index in [1.54, 1.807) is 30.5 Å². The van der Waals surface area contributed by atoms with Crippen molar-refractivity contribution < 1.29 is 8.42 Å². The van der Waals surface area contributed by atoms with E-state index in [-0.39, 0.29) is 26.8 Å². The molecule has 8 heteroatoms. The molecule has 0 bridgehead atoms. The second-order valence-corrected chi connectivity index (χ2v) is 11.1. The van der Waals surface area contributed by atoms with Gasteiger partial charge in [0.05, 0.1) is 22.1 Å². The maximum atomic E-state index is 13.8. The Morgan fingerprint density at radius 3 is 2.22 bits per heavy atom. The highest BCUT2D eigenvalue weighted by Gasteiger charge is 2.30. The number of anilines is 1. The number of rotatable bonds is 5. The van der Waals surface area contributed by atoms with Gasteiger partial charge in [-0.1, -0.05) is 56.3 Å². The molecular formula is C28H27N5O2S. The van der Waals surface area contributed by atoms with Gasteiger partial charge in [0.25, 0.3) is 0 Å². The third kappa shape index (κ3) is 4.03. The number of hydrogen-bond acceptors (Lipinski definition) is 6. The monoisotopic (exact) mass is 497 g/mol. The summed E-state index contributed by atoms with van der Waals surface area (Å²) in [5, 5.41) is 4.54. The SMILES string of the molecule is Cc1ccc(S(=O)(=O)c2c(N)n(/N=C\c3ccc(C(C)C)cc3)c3nc4ccccc4nc23)cc1C. The molecule has 0 aliphatic rings. The lowest BCUT2D eigenvalue weighted by molar-refractivity contribution is 0.597. The average Bonchev–Trinajstić information content (AvgIpc) is 3.13. The van der Waals surface area contributed by atoms with Crippen LogP contribution in [0.5, 0.6) is 0 Å². The molecule has 0 fully saturated rings. The molecule has 0 atom stereocenters. The van der Waals surface area contributed by atoms with E-state index in [2.05, 4.69) is 28.9 Å². The lowest BCUT2D eigenvalue weighted by Crippen LogP contribution is -2.07. The zero-order valence-corrected chi connectivity index (χ0v) is 21.4. The molecule has 0 spiro atoms. The van der Waals surface area contributed by atoms with Crippen molar-refractivity contribution in [2.45, 2.75) is 43.4 Å². The smallest absolute Gasteiger partial charge is 0.212 e. The number of hydrogen-bond donors (Lipinski definition) is 1. The van der Waals surface area contributed by atoms with Gasteiger partial charge in [-0.15, -0.1) is 0 Å². The summed E-state index contributed by atoms with van der Waals surface area (Å²) in [6, 6.07) is 20.4. The van der Waals surface area contributed by atoms with E-state index in [1.807, 2.05) is 56.3 Å². The zero-order chi connectivity index (χ0) is 25.6. The van der Waals surface area contributed by atoms with Gasteiger partial charge >= 0.3 is 0 Å². The molecule has 3 aromatic carbocycles. The van der Waals surface area contributed by atoms with Crippen LogP contribution in [0.25, 0.3) is 22.2 Å². The lowest BCUT2D eigenvalue weighted by Gasteiger charge is -2.07. The Hall–Kier alpha value is -4.04. The van der Waals surface area contributed by atoms with Crippen LogP contribution >= 0.6 is 0 Å². The maximum absolute atomic E-state index is 13.8. The van der Waals surface area contributed by atoms with Crippen molar-refractivity contribution in [2.75, 3.05) is 5.73 Å². The van der Waals surface area contributed by atoms with Crippen molar-refractivity contribution in [1.29, 1.82) is 0 Å². The van der Waals surface area contributed by atoms with Crippen molar-refractivity contribution in [3.63, 3.8) is 0 Å². The number of nitrogen functional groups attached to an aromatic ring is 1. The van der Waals surface area contributed by atoms with Gasteiger partial charge in [0.2, 0.25) is 9.84 Å². The largest absolute Gasteiger partial charge is 0.382 e. The lowest BCUT2D eigenvalue weighted by atomic mass is 10.0. The average molecular weight is 498 g/mol. The third-order valence-electron chi connectivity index (χ3n) is 6.41. The van der Waals surface area contributed by atoms with Gasteiger partial charge in [0, 0.05) is 0 Å².